The smallest absolute Gasteiger partial charge is 0.119 e. The summed E-state index contributed by atoms with van der Waals surface area (Å²) in [5.74, 6) is 0.899. The van der Waals surface area contributed by atoms with Crippen LogP contribution in [0.5, 0.6) is 5.75 Å². The van der Waals surface area contributed by atoms with Gasteiger partial charge in [0.15, 0.2) is 0 Å². The first kappa shape index (κ1) is 10.7. The average molecular weight is 213 g/mol. The second-order valence-corrected chi connectivity index (χ2v) is 3.85. The summed E-state index contributed by atoms with van der Waals surface area (Å²) in [4.78, 5) is 4.24. The van der Waals surface area contributed by atoms with Crippen LogP contribution in [0.2, 0.25) is 0 Å². The predicted octanol–water partition coefficient (Wildman–Crippen LogP) is 3.28. The van der Waals surface area contributed by atoms with Crippen LogP contribution in [0.15, 0.2) is 42.6 Å². The predicted molar refractivity (Wildman–Crippen MR) is 64.5 cm³/mol. The maximum Gasteiger partial charge on any atom is 0.119 e. The SMILES string of the molecule is Cc1cc(COc2ccccc2)c(C)cn1. The Morgan fingerprint density at radius 1 is 1.12 bits per heavy atom. The largest absolute Gasteiger partial charge is 0.489 e. The molecule has 0 aliphatic heterocycles. The molecule has 2 heteroatoms. The van der Waals surface area contributed by atoms with E-state index in [1.165, 1.54) is 11.1 Å². The second-order valence-electron chi connectivity index (χ2n) is 3.85. The van der Waals surface area contributed by atoms with Crippen LogP contribution in [0.3, 0.4) is 0 Å². The zero-order chi connectivity index (χ0) is 11.4. The first-order valence-corrected chi connectivity index (χ1v) is 5.35. The number of aromatic nitrogens is 1. The molecule has 0 saturated heterocycles. The van der Waals surface area contributed by atoms with Gasteiger partial charge in [0.1, 0.15) is 12.4 Å². The Bertz CT molecular complexity index is 465. The zero-order valence-corrected chi connectivity index (χ0v) is 9.60. The van der Waals surface area contributed by atoms with Crippen LogP contribution in [0.25, 0.3) is 0 Å². The molecular formula is C14H15NO. The van der Waals surface area contributed by atoms with E-state index in [1.807, 2.05) is 43.5 Å². The molecule has 0 unspecified atom stereocenters. The highest BCUT2D eigenvalue weighted by molar-refractivity contribution is 5.26. The lowest BCUT2D eigenvalue weighted by Gasteiger charge is -2.08. The number of nitrogens with zero attached hydrogens (tertiary/aromatic N) is 1. The van der Waals surface area contributed by atoms with Gasteiger partial charge >= 0.3 is 0 Å². The fraction of sp³-hybridized carbons (Fsp3) is 0.214. The molecule has 82 valence electrons. The Labute approximate surface area is 95.9 Å². The maximum atomic E-state index is 5.70. The summed E-state index contributed by atoms with van der Waals surface area (Å²) in [5, 5.41) is 0. The molecule has 0 spiro atoms. The standard InChI is InChI=1S/C14H15NO/c1-11-9-15-12(2)8-13(11)10-16-14-6-4-3-5-7-14/h3-9H,10H2,1-2H3. The van der Waals surface area contributed by atoms with E-state index in [2.05, 4.69) is 18.0 Å². The number of hydrogen-bond donors (Lipinski definition) is 0. The summed E-state index contributed by atoms with van der Waals surface area (Å²) in [5.41, 5.74) is 3.38. The third-order valence-electron chi connectivity index (χ3n) is 2.49. The minimum atomic E-state index is 0.596. The quantitative estimate of drug-likeness (QED) is 0.780. The summed E-state index contributed by atoms with van der Waals surface area (Å²) in [6.45, 7) is 4.64. The third-order valence-corrected chi connectivity index (χ3v) is 2.49. The number of para-hydroxylation sites is 1. The van der Waals surface area contributed by atoms with E-state index in [0.29, 0.717) is 6.61 Å². The number of hydrogen-bond acceptors (Lipinski definition) is 2. The summed E-state index contributed by atoms with van der Waals surface area (Å²) >= 11 is 0. The Balaban J connectivity index is 2.08. The highest BCUT2D eigenvalue weighted by Gasteiger charge is 2.00. The fourth-order valence-corrected chi connectivity index (χ4v) is 1.52. The lowest BCUT2D eigenvalue weighted by Crippen LogP contribution is -1.99. The highest BCUT2D eigenvalue weighted by atomic mass is 16.5. The van der Waals surface area contributed by atoms with Crippen LogP contribution in [0, 0.1) is 13.8 Å². The second kappa shape index (κ2) is 4.79. The Hall–Kier alpha value is -1.83. The molecule has 0 fully saturated rings. The van der Waals surface area contributed by atoms with E-state index < -0.39 is 0 Å². The number of rotatable bonds is 3. The van der Waals surface area contributed by atoms with Crippen molar-refractivity contribution >= 4 is 0 Å². The first-order chi connectivity index (χ1) is 7.75. The summed E-state index contributed by atoms with van der Waals surface area (Å²) in [7, 11) is 0. The van der Waals surface area contributed by atoms with Crippen LogP contribution in [0.4, 0.5) is 0 Å². The Kier molecular flexibility index (Phi) is 3.20. The monoisotopic (exact) mass is 213 g/mol. The Morgan fingerprint density at radius 3 is 2.62 bits per heavy atom. The van der Waals surface area contributed by atoms with Crippen molar-refractivity contribution in [3.8, 4) is 5.75 Å². The van der Waals surface area contributed by atoms with E-state index in [9.17, 15) is 0 Å². The van der Waals surface area contributed by atoms with E-state index in [1.54, 1.807) is 0 Å². The van der Waals surface area contributed by atoms with Crippen molar-refractivity contribution in [3.05, 3.63) is 59.4 Å². The van der Waals surface area contributed by atoms with E-state index in [4.69, 9.17) is 4.74 Å². The van der Waals surface area contributed by atoms with E-state index >= 15 is 0 Å². The van der Waals surface area contributed by atoms with Crippen molar-refractivity contribution in [3.63, 3.8) is 0 Å². The van der Waals surface area contributed by atoms with Crippen molar-refractivity contribution in [2.75, 3.05) is 0 Å². The highest BCUT2D eigenvalue weighted by Crippen LogP contribution is 2.14. The summed E-state index contributed by atoms with van der Waals surface area (Å²) < 4.78 is 5.70. The van der Waals surface area contributed by atoms with Crippen LogP contribution in [0.1, 0.15) is 16.8 Å². The molecule has 0 aliphatic carbocycles. The first-order valence-electron chi connectivity index (χ1n) is 5.35. The molecule has 0 radical (unpaired) electrons. The number of benzene rings is 1. The van der Waals surface area contributed by atoms with Crippen molar-refractivity contribution in [1.29, 1.82) is 0 Å². The molecule has 16 heavy (non-hydrogen) atoms. The molecule has 1 heterocycles. The topological polar surface area (TPSA) is 22.1 Å². The molecular weight excluding hydrogens is 198 g/mol. The van der Waals surface area contributed by atoms with Gasteiger partial charge in [-0.1, -0.05) is 18.2 Å². The van der Waals surface area contributed by atoms with Crippen molar-refractivity contribution in [1.82, 2.24) is 4.98 Å². The molecule has 0 N–H and O–H groups in total. The Morgan fingerprint density at radius 2 is 1.88 bits per heavy atom. The van der Waals surface area contributed by atoms with Gasteiger partial charge in [-0.05, 0) is 43.2 Å². The van der Waals surface area contributed by atoms with Gasteiger partial charge in [-0.25, -0.2) is 0 Å². The molecule has 0 saturated carbocycles. The van der Waals surface area contributed by atoms with Crippen LogP contribution in [-0.2, 0) is 6.61 Å². The molecule has 0 atom stereocenters. The zero-order valence-electron chi connectivity index (χ0n) is 9.60. The molecule has 0 aliphatic rings. The molecule has 2 nitrogen and oxygen atoms in total. The van der Waals surface area contributed by atoms with Crippen LogP contribution in [-0.4, -0.2) is 4.98 Å². The lowest BCUT2D eigenvalue weighted by atomic mass is 10.1. The number of pyridine rings is 1. The van der Waals surface area contributed by atoms with Gasteiger partial charge in [0.05, 0.1) is 0 Å². The maximum absolute atomic E-state index is 5.70. The lowest BCUT2D eigenvalue weighted by molar-refractivity contribution is 0.305. The molecule has 0 amide bonds. The molecule has 2 rings (SSSR count). The summed E-state index contributed by atoms with van der Waals surface area (Å²) in [6, 6.07) is 11.9. The van der Waals surface area contributed by atoms with Gasteiger partial charge in [-0.15, -0.1) is 0 Å². The van der Waals surface area contributed by atoms with Gasteiger partial charge in [-0.3, -0.25) is 4.98 Å². The third kappa shape index (κ3) is 2.60. The van der Waals surface area contributed by atoms with Crippen molar-refractivity contribution in [2.45, 2.75) is 20.5 Å². The van der Waals surface area contributed by atoms with Gasteiger partial charge in [0.2, 0.25) is 0 Å². The van der Waals surface area contributed by atoms with Crippen LogP contribution >= 0.6 is 0 Å². The molecule has 1 aromatic carbocycles. The number of ether oxygens (including phenoxy) is 1. The van der Waals surface area contributed by atoms with Gasteiger partial charge in [-0.2, -0.15) is 0 Å². The molecule has 1 aromatic heterocycles. The van der Waals surface area contributed by atoms with Gasteiger partial charge in [0, 0.05) is 11.9 Å². The fourth-order valence-electron chi connectivity index (χ4n) is 1.52. The minimum Gasteiger partial charge on any atom is -0.489 e. The van der Waals surface area contributed by atoms with Gasteiger partial charge < -0.3 is 4.74 Å². The van der Waals surface area contributed by atoms with E-state index in [-0.39, 0.29) is 0 Å². The van der Waals surface area contributed by atoms with Crippen LogP contribution < -0.4 is 4.74 Å². The molecule has 2 aromatic rings. The van der Waals surface area contributed by atoms with Gasteiger partial charge in [0.25, 0.3) is 0 Å². The summed E-state index contributed by atoms with van der Waals surface area (Å²) in [6.07, 6.45) is 1.89. The van der Waals surface area contributed by atoms with Crippen molar-refractivity contribution < 1.29 is 4.74 Å². The number of aryl methyl sites for hydroxylation is 2. The molecule has 0 bridgehead atoms. The average Bonchev–Trinajstić information content (AvgIpc) is 2.32. The van der Waals surface area contributed by atoms with Crippen molar-refractivity contribution in [2.24, 2.45) is 0 Å². The van der Waals surface area contributed by atoms with E-state index in [0.717, 1.165) is 11.4 Å². The minimum absolute atomic E-state index is 0.596. The normalized spacial score (nSPS) is 10.1.